The lowest BCUT2D eigenvalue weighted by Gasteiger charge is -2.24. The largest absolute Gasteiger partial charge is 0.743 e. The molecule has 0 heterocycles. The van der Waals surface area contributed by atoms with Gasteiger partial charge in [0, 0.05) is 5.92 Å². The smallest absolute Gasteiger partial charge is 0.426 e. The molecule has 2 aliphatic carbocycles. The van der Waals surface area contributed by atoms with Gasteiger partial charge < -0.3 is 4.55 Å². The van der Waals surface area contributed by atoms with E-state index in [0.717, 1.165) is 17.1 Å². The van der Waals surface area contributed by atoms with Gasteiger partial charge in [-0.15, -0.1) is 0 Å². The fourth-order valence-corrected chi connectivity index (χ4v) is 4.43. The first kappa shape index (κ1) is 19.9. The topological polar surface area (TPSA) is 57.2 Å². The van der Waals surface area contributed by atoms with Crippen LogP contribution in [-0.2, 0) is 21.9 Å². The van der Waals surface area contributed by atoms with Crippen molar-refractivity contribution in [1.82, 2.24) is 0 Å². The summed E-state index contributed by atoms with van der Waals surface area (Å²) in [6.07, 6.45) is -2.55. The summed E-state index contributed by atoms with van der Waals surface area (Å²) in [5.74, 6) is 2.29. The van der Waals surface area contributed by atoms with E-state index in [4.69, 9.17) is 0 Å². The third kappa shape index (κ3) is 4.44. The second-order valence-electron chi connectivity index (χ2n) is 5.42. The van der Waals surface area contributed by atoms with Gasteiger partial charge in [0.25, 0.3) is 6.17 Å². The maximum atomic E-state index is 11.8. The number of hydrogen-bond acceptors (Lipinski definition) is 3. The summed E-state index contributed by atoms with van der Waals surface area (Å²) in [6.45, 7) is 0. The van der Waals surface area contributed by atoms with Gasteiger partial charge in [-0.2, -0.15) is 22.0 Å². The maximum Gasteiger partial charge on any atom is 0.426 e. The third-order valence-electron chi connectivity index (χ3n) is 3.95. The Morgan fingerprint density at radius 2 is 1.68 bits per heavy atom. The standard InChI is InChI=1S/C8H14S.C3H2F6O3S/c1-9-8-5-6-2-3-7(8)4-6;4-1(2(5,6)7)3(8,9)13(10,11)12/h6-8H,2-5H2,1H3;1H,(H,10,11,12). The van der Waals surface area contributed by atoms with Gasteiger partial charge in [-0.05, 0) is 43.4 Å². The molecule has 22 heavy (non-hydrogen) atoms. The lowest BCUT2D eigenvalue weighted by atomic mass is 10.0. The molecule has 2 saturated carbocycles. The van der Waals surface area contributed by atoms with Gasteiger partial charge in [-0.25, -0.2) is 12.8 Å². The molecule has 0 N–H and O–H groups in total. The molecule has 4 atom stereocenters. The second kappa shape index (κ2) is 6.76. The predicted molar refractivity (Wildman–Crippen MR) is 69.5 cm³/mol. The third-order valence-corrected chi connectivity index (χ3v) is 6.12. The molecule has 132 valence electrons. The molecule has 4 unspecified atom stereocenters. The van der Waals surface area contributed by atoms with Crippen LogP contribution in [0.15, 0.2) is 0 Å². The average Bonchev–Trinajstić information content (AvgIpc) is 2.97. The van der Waals surface area contributed by atoms with E-state index in [0.29, 0.717) is 0 Å². The number of thiol groups is 1. The molecular weight excluding hydrogens is 358 g/mol. The Morgan fingerprint density at radius 1 is 1.14 bits per heavy atom. The Balaban J connectivity index is 0.000000231. The fourth-order valence-electron chi connectivity index (χ4n) is 2.84. The molecule has 2 bridgehead atoms. The minimum absolute atomic E-state index is 1.10. The van der Waals surface area contributed by atoms with Crippen molar-refractivity contribution in [3.8, 4) is 0 Å². The van der Waals surface area contributed by atoms with Crippen molar-refractivity contribution in [1.29, 1.82) is 0 Å². The predicted octanol–water partition coefficient (Wildman–Crippen LogP) is 2.64. The van der Waals surface area contributed by atoms with Gasteiger partial charge in [0.15, 0.2) is 10.1 Å². The van der Waals surface area contributed by atoms with E-state index in [9.17, 15) is 39.3 Å². The van der Waals surface area contributed by atoms with Crippen LogP contribution in [0, 0.1) is 11.8 Å². The van der Waals surface area contributed by atoms with E-state index in [1.165, 1.54) is 0 Å². The summed E-state index contributed by atoms with van der Waals surface area (Å²) in [7, 11) is -6.66. The Morgan fingerprint density at radius 3 is 1.86 bits per heavy atom. The molecule has 0 saturated heterocycles. The molecule has 0 radical (unpaired) electrons. The van der Waals surface area contributed by atoms with E-state index in [1.807, 2.05) is 0 Å². The van der Waals surface area contributed by atoms with Crippen LogP contribution >= 0.6 is 0 Å². The van der Waals surface area contributed by atoms with Crippen molar-refractivity contribution in [3.05, 3.63) is 0 Å². The molecular formula is C11H16F6O3S2. The average molecular weight is 374 g/mol. The maximum absolute atomic E-state index is 11.8. The Hall–Kier alpha value is -0.160. The highest BCUT2D eigenvalue weighted by Crippen LogP contribution is 2.45. The lowest BCUT2D eigenvalue weighted by Crippen LogP contribution is -2.46. The van der Waals surface area contributed by atoms with E-state index in [2.05, 4.69) is 6.26 Å². The number of fused-ring (bicyclic) bond motifs is 2. The number of hydrogen-bond donors (Lipinski definition) is 0. The number of rotatable bonds is 3. The zero-order chi connectivity index (χ0) is 17.3. The SMILES string of the molecule is C[SH+]C1CC2CCC1C2.O=S(=O)([O-])C(F)(F)C(F)C(F)(F)F. The fraction of sp³-hybridized carbons (Fsp3) is 1.00. The molecule has 0 spiro atoms. The van der Waals surface area contributed by atoms with Crippen molar-refractivity contribution >= 4 is 21.9 Å². The van der Waals surface area contributed by atoms with Crippen molar-refractivity contribution < 1.29 is 39.3 Å². The molecule has 3 nitrogen and oxygen atoms in total. The van der Waals surface area contributed by atoms with E-state index >= 15 is 0 Å². The summed E-state index contributed by atoms with van der Waals surface area (Å²) in [6, 6.07) is 0. The van der Waals surface area contributed by atoms with E-state index in [-0.39, 0.29) is 0 Å². The molecule has 0 aromatic rings. The molecule has 2 aliphatic rings. The molecule has 11 heteroatoms. The lowest BCUT2D eigenvalue weighted by molar-refractivity contribution is -0.223. The summed E-state index contributed by atoms with van der Waals surface area (Å²) < 4.78 is 97.5. The second-order valence-corrected chi connectivity index (χ2v) is 8.05. The molecule has 0 aromatic heterocycles. The Labute approximate surface area is 128 Å². The van der Waals surface area contributed by atoms with E-state index < -0.39 is 27.7 Å². The van der Waals surface area contributed by atoms with Crippen LogP contribution in [0.3, 0.4) is 0 Å². The zero-order valence-corrected chi connectivity index (χ0v) is 13.2. The van der Waals surface area contributed by atoms with Crippen molar-refractivity contribution in [2.24, 2.45) is 11.8 Å². The highest BCUT2D eigenvalue weighted by atomic mass is 32.2. The Kier molecular flexibility index (Phi) is 6.11. The molecule has 2 fully saturated rings. The summed E-state index contributed by atoms with van der Waals surface area (Å²) >= 11 is 1.66. The minimum Gasteiger partial charge on any atom is -0.743 e. The van der Waals surface area contributed by atoms with Crippen LogP contribution in [-0.4, -0.2) is 42.1 Å². The highest BCUT2D eigenvalue weighted by Gasteiger charge is 2.61. The normalized spacial score (nSPS) is 29.9. The number of halogens is 6. The Bertz CT molecular complexity index is 479. The van der Waals surface area contributed by atoms with Crippen molar-refractivity contribution in [2.45, 2.75) is 48.5 Å². The van der Waals surface area contributed by atoms with Gasteiger partial charge in [-0.3, -0.25) is 0 Å². The van der Waals surface area contributed by atoms with Gasteiger partial charge in [-0.1, -0.05) is 0 Å². The van der Waals surface area contributed by atoms with Crippen molar-refractivity contribution in [2.75, 3.05) is 6.26 Å². The highest BCUT2D eigenvalue weighted by molar-refractivity contribution is 7.86. The summed E-state index contributed by atoms with van der Waals surface area (Å²) in [5.41, 5.74) is 0. The molecule has 0 amide bonds. The minimum atomic E-state index is -6.66. The quantitative estimate of drug-likeness (QED) is 0.330. The molecule has 0 aliphatic heterocycles. The molecule has 0 aromatic carbocycles. The van der Waals surface area contributed by atoms with Gasteiger partial charge in [0.2, 0.25) is 0 Å². The summed E-state index contributed by atoms with van der Waals surface area (Å²) in [4.78, 5) is 0. The van der Waals surface area contributed by atoms with Gasteiger partial charge >= 0.3 is 11.4 Å². The van der Waals surface area contributed by atoms with Crippen LogP contribution in [0.5, 0.6) is 0 Å². The van der Waals surface area contributed by atoms with Crippen LogP contribution < -0.4 is 0 Å². The first-order chi connectivity index (χ1) is 9.80. The van der Waals surface area contributed by atoms with Crippen molar-refractivity contribution in [3.63, 3.8) is 0 Å². The van der Waals surface area contributed by atoms with Crippen LogP contribution in [0.25, 0.3) is 0 Å². The van der Waals surface area contributed by atoms with Gasteiger partial charge in [0.1, 0.15) is 5.25 Å². The van der Waals surface area contributed by atoms with Crippen LogP contribution in [0.2, 0.25) is 0 Å². The van der Waals surface area contributed by atoms with E-state index in [1.54, 1.807) is 37.4 Å². The molecule has 2 rings (SSSR count). The van der Waals surface area contributed by atoms with Crippen LogP contribution in [0.1, 0.15) is 25.7 Å². The first-order valence-electron chi connectivity index (χ1n) is 6.43. The number of alkyl halides is 6. The summed E-state index contributed by atoms with van der Waals surface area (Å²) in [5, 5.41) is -4.89. The van der Waals surface area contributed by atoms with Crippen LogP contribution in [0.4, 0.5) is 26.3 Å². The first-order valence-corrected chi connectivity index (χ1v) is 9.25. The zero-order valence-electron chi connectivity index (χ0n) is 11.5. The monoisotopic (exact) mass is 374 g/mol. The van der Waals surface area contributed by atoms with Gasteiger partial charge in [0.05, 0.1) is 6.26 Å².